The van der Waals surface area contributed by atoms with E-state index in [2.05, 4.69) is 62.9 Å². The third kappa shape index (κ3) is 2.19. The lowest BCUT2D eigenvalue weighted by Crippen LogP contribution is -2.79. The van der Waals surface area contributed by atoms with Crippen molar-refractivity contribution in [3.05, 3.63) is 29.8 Å². The summed E-state index contributed by atoms with van der Waals surface area (Å²) in [6.07, 6.45) is 5.46. The molecule has 19 heavy (non-hydrogen) atoms. The Labute approximate surface area is 120 Å². The Bertz CT molecular complexity index is 513. The highest BCUT2D eigenvalue weighted by molar-refractivity contribution is 7.70. The second-order valence-corrected chi connectivity index (χ2v) is 33.0. The van der Waals surface area contributed by atoms with E-state index in [1.54, 1.807) is 5.19 Å². The molecular formula is C15H24OSi3. The topological polar surface area (TPSA) is 9.23 Å². The van der Waals surface area contributed by atoms with Crippen LogP contribution in [0.2, 0.25) is 38.8 Å². The van der Waals surface area contributed by atoms with Gasteiger partial charge in [0, 0.05) is 12.2 Å². The molecular weight excluding hydrogens is 280 g/mol. The summed E-state index contributed by atoms with van der Waals surface area (Å²) in [6.45, 7) is 13.6. The zero-order chi connectivity index (χ0) is 14.3. The zero-order valence-electron chi connectivity index (χ0n) is 12.7. The summed E-state index contributed by atoms with van der Waals surface area (Å²) in [5.41, 5.74) is 0.990. The maximum absolute atomic E-state index is 6.25. The predicted octanol–water partition coefficient (Wildman–Crippen LogP) is 3.05. The molecule has 0 N–H and O–H groups in total. The Balaban J connectivity index is 2.48. The summed E-state index contributed by atoms with van der Waals surface area (Å²) >= 11 is 0. The fourth-order valence-corrected chi connectivity index (χ4v) is 33.9. The normalized spacial score (nSPS) is 28.6. The zero-order valence-corrected chi connectivity index (χ0v) is 15.7. The van der Waals surface area contributed by atoms with Gasteiger partial charge in [-0.25, -0.2) is 0 Å². The van der Waals surface area contributed by atoms with Crippen LogP contribution in [0.1, 0.15) is 5.56 Å². The van der Waals surface area contributed by atoms with Crippen molar-refractivity contribution in [3.63, 3.8) is 0 Å². The van der Waals surface area contributed by atoms with Crippen molar-refractivity contribution in [1.82, 2.24) is 0 Å². The molecule has 1 heterocycles. The van der Waals surface area contributed by atoms with Crippen LogP contribution in [0.25, 0.3) is 0 Å². The molecule has 0 amide bonds. The van der Waals surface area contributed by atoms with Gasteiger partial charge in [0.25, 0.3) is 0 Å². The minimum Gasteiger partial charge on any atom is -0.421 e. The van der Waals surface area contributed by atoms with Gasteiger partial charge < -0.3 is 4.43 Å². The van der Waals surface area contributed by atoms with E-state index >= 15 is 0 Å². The third-order valence-corrected chi connectivity index (χ3v) is 44.9. The van der Waals surface area contributed by atoms with Crippen LogP contribution in [0.3, 0.4) is 0 Å². The molecule has 1 aliphatic heterocycles. The maximum atomic E-state index is 6.25. The van der Waals surface area contributed by atoms with E-state index in [1.807, 2.05) is 0 Å². The van der Waals surface area contributed by atoms with E-state index in [9.17, 15) is 0 Å². The third-order valence-electron chi connectivity index (χ3n) is 5.64. The average Bonchev–Trinajstić information content (AvgIpc) is 2.36. The number of rotatable bonds is 1. The molecule has 1 saturated heterocycles. The Morgan fingerprint density at radius 1 is 1.05 bits per heavy atom. The molecule has 1 atom stereocenters. The van der Waals surface area contributed by atoms with E-state index in [4.69, 9.17) is 10.8 Å². The summed E-state index contributed by atoms with van der Waals surface area (Å²) < 4.78 is 6.25. The summed E-state index contributed by atoms with van der Waals surface area (Å²) in [7, 11) is -4.24. The first kappa shape index (κ1) is 14.8. The van der Waals surface area contributed by atoms with Crippen LogP contribution in [0.4, 0.5) is 0 Å². The van der Waals surface area contributed by atoms with Crippen molar-refractivity contribution in [1.29, 1.82) is 0 Å². The highest BCUT2D eigenvalue weighted by atomic mass is 29.6. The van der Waals surface area contributed by atoms with Crippen LogP contribution in [0, 0.1) is 12.3 Å². The average molecular weight is 305 g/mol. The Hall–Kier alpha value is -0.609. The van der Waals surface area contributed by atoms with Gasteiger partial charge in [-0.05, 0) is 31.3 Å². The standard InChI is InChI=1S/C15H24OSi3/c1-7-14-8-10-15(11-9-14)19(6)13-12-16-17(2,3)18(19,4)5/h1,8-11H,12-13H2,2-6H3. The fraction of sp³-hybridized carbons (Fsp3) is 0.467. The van der Waals surface area contributed by atoms with Gasteiger partial charge in [0.15, 0.2) is 7.83 Å². The van der Waals surface area contributed by atoms with E-state index in [-0.39, 0.29) is 0 Å². The molecule has 102 valence electrons. The second-order valence-electron chi connectivity index (χ2n) is 6.79. The maximum Gasteiger partial charge on any atom is 0.171 e. The fourth-order valence-electron chi connectivity index (χ4n) is 3.11. The number of hydrogen-bond acceptors (Lipinski definition) is 1. The van der Waals surface area contributed by atoms with E-state index in [0.29, 0.717) is 0 Å². The predicted molar refractivity (Wildman–Crippen MR) is 91.4 cm³/mol. The van der Waals surface area contributed by atoms with Crippen LogP contribution >= 0.6 is 0 Å². The smallest absolute Gasteiger partial charge is 0.171 e. The Morgan fingerprint density at radius 2 is 1.63 bits per heavy atom. The van der Waals surface area contributed by atoms with Crippen molar-refractivity contribution < 1.29 is 4.43 Å². The SMILES string of the molecule is C#Cc1ccc([Si]2(C)CCO[Si](C)(C)[Si]2(C)C)cc1. The van der Waals surface area contributed by atoms with Gasteiger partial charge in [-0.1, -0.05) is 42.9 Å². The second kappa shape index (κ2) is 4.74. The van der Waals surface area contributed by atoms with Crippen molar-refractivity contribution >= 4 is 27.7 Å². The van der Waals surface area contributed by atoms with Gasteiger partial charge in [-0.15, -0.1) is 6.42 Å². The van der Waals surface area contributed by atoms with Crippen molar-refractivity contribution in [2.45, 2.75) is 38.8 Å². The summed E-state index contributed by atoms with van der Waals surface area (Å²) in [5.74, 6) is 2.72. The molecule has 1 fully saturated rings. The largest absolute Gasteiger partial charge is 0.421 e. The van der Waals surface area contributed by atoms with Crippen LogP contribution in [0.5, 0.6) is 0 Å². The number of benzene rings is 1. The Morgan fingerprint density at radius 3 is 2.16 bits per heavy atom. The quantitative estimate of drug-likeness (QED) is 0.572. The number of terminal acetylenes is 1. The van der Waals surface area contributed by atoms with Gasteiger partial charge in [0.1, 0.15) is 0 Å². The molecule has 1 aromatic rings. The lowest BCUT2D eigenvalue weighted by Gasteiger charge is -2.53. The molecule has 1 aliphatic rings. The van der Waals surface area contributed by atoms with E-state index in [0.717, 1.165) is 12.2 Å². The molecule has 0 radical (unpaired) electrons. The number of hydrogen-bond donors (Lipinski definition) is 0. The molecule has 1 nitrogen and oxygen atoms in total. The first-order valence-corrected chi connectivity index (χ1v) is 17.6. The summed E-state index contributed by atoms with van der Waals surface area (Å²) in [6, 6.07) is 10.1. The first-order valence-electron chi connectivity index (χ1n) is 6.96. The van der Waals surface area contributed by atoms with E-state index in [1.165, 1.54) is 6.04 Å². The van der Waals surface area contributed by atoms with Gasteiger partial charge in [0.05, 0.1) is 14.7 Å². The van der Waals surface area contributed by atoms with E-state index < -0.39 is 22.5 Å². The van der Waals surface area contributed by atoms with Crippen molar-refractivity contribution in [2.75, 3.05) is 6.61 Å². The summed E-state index contributed by atoms with van der Waals surface area (Å²) in [4.78, 5) is 0. The van der Waals surface area contributed by atoms with Crippen LogP contribution < -0.4 is 5.19 Å². The molecule has 0 aromatic heterocycles. The van der Waals surface area contributed by atoms with Gasteiger partial charge in [-0.2, -0.15) is 0 Å². The molecule has 1 unspecified atom stereocenters. The lowest BCUT2D eigenvalue weighted by atomic mass is 10.2. The first-order chi connectivity index (χ1) is 8.74. The minimum absolute atomic E-state index is 0.968. The van der Waals surface area contributed by atoms with Crippen LogP contribution in [0.15, 0.2) is 24.3 Å². The molecule has 0 spiro atoms. The summed E-state index contributed by atoms with van der Waals surface area (Å²) in [5, 5.41) is 1.59. The minimum atomic E-state index is -1.50. The molecule has 2 rings (SSSR count). The van der Waals surface area contributed by atoms with Gasteiger partial charge in [0.2, 0.25) is 0 Å². The molecule has 4 heteroatoms. The Kier molecular flexibility index (Phi) is 3.69. The van der Waals surface area contributed by atoms with Crippen LogP contribution in [-0.2, 0) is 4.43 Å². The van der Waals surface area contributed by atoms with Crippen molar-refractivity contribution in [2.24, 2.45) is 0 Å². The molecule has 0 aliphatic carbocycles. The van der Waals surface area contributed by atoms with Gasteiger partial charge in [-0.3, -0.25) is 0 Å². The van der Waals surface area contributed by atoms with Crippen molar-refractivity contribution in [3.8, 4) is 12.3 Å². The van der Waals surface area contributed by atoms with Crippen LogP contribution in [-0.4, -0.2) is 29.1 Å². The highest BCUT2D eigenvalue weighted by Gasteiger charge is 2.59. The highest BCUT2D eigenvalue weighted by Crippen LogP contribution is 2.36. The lowest BCUT2D eigenvalue weighted by molar-refractivity contribution is 0.337. The van der Waals surface area contributed by atoms with Gasteiger partial charge >= 0.3 is 0 Å². The molecule has 0 saturated carbocycles. The monoisotopic (exact) mass is 304 g/mol. The molecule has 1 aromatic carbocycles. The molecule has 0 bridgehead atoms.